The summed E-state index contributed by atoms with van der Waals surface area (Å²) in [5.74, 6) is 1.45. The lowest BCUT2D eigenvalue weighted by molar-refractivity contribution is -0.687. The van der Waals surface area contributed by atoms with Gasteiger partial charge in [0.2, 0.25) is 12.1 Å². The van der Waals surface area contributed by atoms with E-state index in [-0.39, 0.29) is 18.3 Å². The van der Waals surface area contributed by atoms with E-state index in [1.807, 2.05) is 36.4 Å². The van der Waals surface area contributed by atoms with E-state index in [0.29, 0.717) is 24.0 Å². The number of aromatic hydroxyl groups is 1. The maximum absolute atomic E-state index is 9.80. The monoisotopic (exact) mass is 336 g/mol. The highest BCUT2D eigenvalue weighted by Gasteiger charge is 2.36. The van der Waals surface area contributed by atoms with Crippen molar-refractivity contribution in [1.82, 2.24) is 4.98 Å². The molecule has 1 aliphatic rings. The van der Waals surface area contributed by atoms with Gasteiger partial charge in [0.15, 0.2) is 0 Å². The van der Waals surface area contributed by atoms with Crippen molar-refractivity contribution in [2.24, 2.45) is 0 Å². The third-order valence-electron chi connectivity index (χ3n) is 4.41. The number of benzene rings is 2. The lowest BCUT2D eigenvalue weighted by atomic mass is 9.83. The van der Waals surface area contributed by atoms with E-state index in [1.54, 1.807) is 23.0 Å². The van der Waals surface area contributed by atoms with Gasteiger partial charge in [0.25, 0.3) is 0 Å². The van der Waals surface area contributed by atoms with Crippen LogP contribution in [0.5, 0.6) is 17.4 Å². The number of ether oxygens (including phenoxy) is 1. The van der Waals surface area contributed by atoms with Gasteiger partial charge in [-0.15, -0.1) is 0 Å². The van der Waals surface area contributed by atoms with Crippen LogP contribution in [0.4, 0.5) is 5.82 Å². The Labute approximate surface area is 144 Å². The quantitative estimate of drug-likeness (QED) is 0.497. The molecule has 4 rings (SSSR count). The number of aliphatic hydroxyl groups is 1. The molecular formula is C19H18N3O3+. The molecular weight excluding hydrogens is 318 g/mol. The molecule has 1 atom stereocenters. The number of hydrogen-bond acceptors (Lipinski definition) is 5. The molecule has 2 aromatic carbocycles. The van der Waals surface area contributed by atoms with Crippen molar-refractivity contribution < 1.29 is 19.5 Å². The molecule has 2 heterocycles. The Hall–Kier alpha value is -3.12. The number of aliphatic hydroxyl groups excluding tert-OH is 1. The van der Waals surface area contributed by atoms with Crippen LogP contribution in [-0.2, 0) is 6.54 Å². The minimum Gasteiger partial charge on any atom is -0.508 e. The van der Waals surface area contributed by atoms with Crippen molar-refractivity contribution in [3.8, 4) is 17.4 Å². The molecule has 0 saturated carbocycles. The second-order valence-corrected chi connectivity index (χ2v) is 5.93. The Morgan fingerprint density at radius 2 is 1.96 bits per heavy atom. The minimum atomic E-state index is -0.167. The molecule has 0 unspecified atom stereocenters. The summed E-state index contributed by atoms with van der Waals surface area (Å²) in [6, 6.07) is 15.0. The molecule has 0 aliphatic carbocycles. The Balaban J connectivity index is 1.97. The number of nitrogens with two attached hydrogens (primary N) is 1. The molecule has 126 valence electrons. The number of aromatic nitrogens is 2. The SMILES string of the molecule is Nc1c2c(nc[n+]1CCO)Oc1cc(O)ccc1[C@@H]2c1ccccc1. The van der Waals surface area contributed by atoms with E-state index in [0.717, 1.165) is 16.7 Å². The molecule has 25 heavy (non-hydrogen) atoms. The predicted octanol–water partition coefficient (Wildman–Crippen LogP) is 1.94. The summed E-state index contributed by atoms with van der Waals surface area (Å²) in [5.41, 5.74) is 9.11. The zero-order valence-corrected chi connectivity index (χ0v) is 13.5. The zero-order valence-electron chi connectivity index (χ0n) is 13.5. The second kappa shape index (κ2) is 6.07. The molecule has 1 aliphatic heterocycles. The molecule has 4 N–H and O–H groups in total. The van der Waals surface area contributed by atoms with Gasteiger partial charge in [0.05, 0.1) is 19.1 Å². The first kappa shape index (κ1) is 15.4. The van der Waals surface area contributed by atoms with Crippen molar-refractivity contribution in [2.75, 3.05) is 12.3 Å². The maximum Gasteiger partial charge on any atom is 0.306 e. The fourth-order valence-electron chi connectivity index (χ4n) is 3.26. The van der Waals surface area contributed by atoms with E-state index in [2.05, 4.69) is 4.98 Å². The lowest BCUT2D eigenvalue weighted by Gasteiger charge is -2.27. The fraction of sp³-hybridized carbons (Fsp3) is 0.158. The van der Waals surface area contributed by atoms with E-state index in [9.17, 15) is 10.2 Å². The maximum atomic E-state index is 9.80. The van der Waals surface area contributed by atoms with Crippen molar-refractivity contribution in [2.45, 2.75) is 12.5 Å². The van der Waals surface area contributed by atoms with Gasteiger partial charge in [-0.25, -0.2) is 4.57 Å². The highest BCUT2D eigenvalue weighted by atomic mass is 16.5. The summed E-state index contributed by atoms with van der Waals surface area (Å²) in [4.78, 5) is 4.37. The van der Waals surface area contributed by atoms with Gasteiger partial charge in [-0.3, -0.25) is 0 Å². The molecule has 3 aromatic rings. The molecule has 0 spiro atoms. The summed E-state index contributed by atoms with van der Waals surface area (Å²) in [6.07, 6.45) is 1.56. The van der Waals surface area contributed by atoms with Crippen LogP contribution in [-0.4, -0.2) is 21.8 Å². The van der Waals surface area contributed by atoms with Crippen LogP contribution in [0.3, 0.4) is 0 Å². The van der Waals surface area contributed by atoms with Gasteiger partial charge in [-0.1, -0.05) is 41.4 Å². The minimum absolute atomic E-state index is 0.0311. The summed E-state index contributed by atoms with van der Waals surface area (Å²) in [7, 11) is 0. The molecule has 0 bridgehead atoms. The number of phenolic OH excluding ortho intramolecular Hbond substituents is 1. The molecule has 0 radical (unpaired) electrons. The third kappa shape index (κ3) is 2.56. The standard InChI is InChI=1S/C19H17N3O3/c20-18-17-16(12-4-2-1-3-5-12)14-7-6-13(24)10-15(14)25-19(17)21-11-22(18)8-9-23/h1-7,10-11,16,20,23-24H,8-9H2/p+1/t16-/m0/s1. The van der Waals surface area contributed by atoms with Crippen LogP contribution >= 0.6 is 0 Å². The van der Waals surface area contributed by atoms with Crippen molar-refractivity contribution in [1.29, 1.82) is 0 Å². The topological polar surface area (TPSA) is 92.5 Å². The van der Waals surface area contributed by atoms with E-state index >= 15 is 0 Å². The number of anilines is 1. The summed E-state index contributed by atoms with van der Waals surface area (Å²) in [5, 5.41) is 19.1. The van der Waals surface area contributed by atoms with Crippen LogP contribution in [0.15, 0.2) is 54.9 Å². The predicted molar refractivity (Wildman–Crippen MR) is 91.5 cm³/mol. The van der Waals surface area contributed by atoms with E-state index in [1.165, 1.54) is 0 Å². The van der Waals surface area contributed by atoms with Gasteiger partial charge < -0.3 is 20.7 Å². The Morgan fingerprint density at radius 3 is 2.72 bits per heavy atom. The van der Waals surface area contributed by atoms with E-state index in [4.69, 9.17) is 10.5 Å². The van der Waals surface area contributed by atoms with Gasteiger partial charge >= 0.3 is 5.88 Å². The van der Waals surface area contributed by atoms with Crippen LogP contribution in [0, 0.1) is 0 Å². The zero-order chi connectivity index (χ0) is 17.4. The summed E-state index contributed by atoms with van der Waals surface area (Å²) >= 11 is 0. The first-order valence-electron chi connectivity index (χ1n) is 8.03. The Kier molecular flexibility index (Phi) is 3.74. The number of nitrogens with zero attached hydrogens (tertiary/aromatic N) is 2. The van der Waals surface area contributed by atoms with Gasteiger partial charge in [0.1, 0.15) is 17.1 Å². The first-order valence-corrected chi connectivity index (χ1v) is 8.03. The molecule has 0 saturated heterocycles. The van der Waals surface area contributed by atoms with Crippen LogP contribution in [0.1, 0.15) is 22.6 Å². The fourth-order valence-corrected chi connectivity index (χ4v) is 3.26. The van der Waals surface area contributed by atoms with Crippen molar-refractivity contribution >= 4 is 5.82 Å². The van der Waals surface area contributed by atoms with Gasteiger partial charge in [0, 0.05) is 11.6 Å². The highest BCUT2D eigenvalue weighted by molar-refractivity contribution is 5.62. The third-order valence-corrected chi connectivity index (χ3v) is 4.41. The highest BCUT2D eigenvalue weighted by Crippen LogP contribution is 2.48. The van der Waals surface area contributed by atoms with E-state index < -0.39 is 0 Å². The summed E-state index contributed by atoms with van der Waals surface area (Å²) < 4.78 is 7.61. The second-order valence-electron chi connectivity index (χ2n) is 5.93. The molecule has 0 fully saturated rings. The molecule has 6 heteroatoms. The average Bonchev–Trinajstić information content (AvgIpc) is 2.63. The first-order chi connectivity index (χ1) is 12.2. The number of hydrogen-bond donors (Lipinski definition) is 3. The normalized spacial score (nSPS) is 15.2. The number of phenols is 1. The number of fused-ring (bicyclic) bond motifs is 2. The van der Waals surface area contributed by atoms with Crippen molar-refractivity contribution in [3.63, 3.8) is 0 Å². The van der Waals surface area contributed by atoms with Crippen LogP contribution in [0.25, 0.3) is 0 Å². The number of rotatable bonds is 3. The molecule has 0 amide bonds. The largest absolute Gasteiger partial charge is 0.508 e. The molecule has 6 nitrogen and oxygen atoms in total. The Bertz CT molecular complexity index is 929. The van der Waals surface area contributed by atoms with Gasteiger partial charge in [-0.2, -0.15) is 0 Å². The molecule has 1 aromatic heterocycles. The smallest absolute Gasteiger partial charge is 0.306 e. The summed E-state index contributed by atoms with van der Waals surface area (Å²) in [6.45, 7) is 0.326. The van der Waals surface area contributed by atoms with Gasteiger partial charge in [-0.05, 0) is 11.6 Å². The Morgan fingerprint density at radius 1 is 1.16 bits per heavy atom. The average molecular weight is 336 g/mol. The lowest BCUT2D eigenvalue weighted by Crippen LogP contribution is -2.41. The number of nitrogen functional groups attached to an aromatic ring is 1. The van der Waals surface area contributed by atoms with Crippen molar-refractivity contribution in [3.05, 3.63) is 71.5 Å². The van der Waals surface area contributed by atoms with Crippen LogP contribution < -0.4 is 15.0 Å². The van der Waals surface area contributed by atoms with Crippen LogP contribution in [0.2, 0.25) is 0 Å².